The summed E-state index contributed by atoms with van der Waals surface area (Å²) in [5.74, 6) is 6.76. The molecular weight excluding hydrogens is 708 g/mol. The molecule has 2 aromatic rings. The van der Waals surface area contributed by atoms with Gasteiger partial charge in [0.15, 0.2) is 0 Å². The molecule has 5 saturated carbocycles. The summed E-state index contributed by atoms with van der Waals surface area (Å²) in [7, 11) is 0. The lowest BCUT2D eigenvalue weighted by molar-refractivity contribution is -0.250. The summed E-state index contributed by atoms with van der Waals surface area (Å²) in [5, 5.41) is 0. The predicted molar refractivity (Wildman–Crippen MR) is 236 cm³/mol. The third kappa shape index (κ3) is 4.81. The third-order valence-corrected chi connectivity index (χ3v) is 19.1. The zero-order chi connectivity index (χ0) is 38.7. The van der Waals surface area contributed by atoms with Crippen LogP contribution in [0.2, 0.25) is 11.6 Å². The van der Waals surface area contributed by atoms with E-state index in [4.69, 9.17) is 9.47 Å². The van der Waals surface area contributed by atoms with Crippen LogP contribution in [0.1, 0.15) is 132 Å². The molecule has 0 spiro atoms. The van der Waals surface area contributed by atoms with Crippen molar-refractivity contribution < 1.29 is 9.47 Å². The van der Waals surface area contributed by atoms with Crippen LogP contribution in [0.3, 0.4) is 0 Å². The SMILES string of the molecule is Cc1cccc(C)c1B1C2=C3N4C5=C(B(c6c(C)cccc6C)C6CC(C)CC1C64)C1CCCCC1N5C1CC4OC5CCCCC5OC4CC1N3C1CCCCC21. The van der Waals surface area contributed by atoms with Crippen LogP contribution in [0.15, 0.2) is 59.0 Å². The molecule has 12 atom stereocenters. The largest absolute Gasteiger partial charge is 0.370 e. The fourth-order valence-corrected chi connectivity index (χ4v) is 17.3. The maximum absolute atomic E-state index is 7.32. The number of aryl methyl sites for hydroxylation is 4. The van der Waals surface area contributed by atoms with E-state index in [0.717, 1.165) is 18.8 Å². The molecule has 2 saturated heterocycles. The summed E-state index contributed by atoms with van der Waals surface area (Å²) in [6.45, 7) is 13.5. The minimum absolute atomic E-state index is 0.219. The summed E-state index contributed by atoms with van der Waals surface area (Å²) in [4.78, 5) is 9.69. The zero-order valence-corrected chi connectivity index (χ0v) is 36.2. The van der Waals surface area contributed by atoms with Crippen LogP contribution >= 0.6 is 0 Å². The molecule has 0 N–H and O–H groups in total. The van der Waals surface area contributed by atoms with Crippen molar-refractivity contribution in [3.8, 4) is 0 Å². The number of hydrogen-bond donors (Lipinski definition) is 0. The Bertz CT molecular complexity index is 1910. The first kappa shape index (κ1) is 36.1. The Balaban J connectivity index is 1.11. The second-order valence-corrected chi connectivity index (χ2v) is 21.9. The second kappa shape index (κ2) is 13.2. The molecule has 12 unspecified atom stereocenters. The normalized spacial score (nSPS) is 42.1. The van der Waals surface area contributed by atoms with Gasteiger partial charge in [0.25, 0.3) is 0 Å². The molecule has 6 heterocycles. The van der Waals surface area contributed by atoms with Crippen molar-refractivity contribution in [1.82, 2.24) is 14.7 Å². The lowest BCUT2D eigenvalue weighted by atomic mass is 9.20. The molecule has 58 heavy (non-hydrogen) atoms. The highest BCUT2D eigenvalue weighted by Crippen LogP contribution is 2.66. The Labute approximate surface area is 349 Å². The number of rotatable bonds is 2. The standard InChI is InChI=1S/C51H67B2N3O2/c1-28-24-35-49-36(25-28)53(46-31(4)16-13-17-32(46)5)48-34-19-7-9-21-38(34)55-40-27-44-43(57-41-22-10-11-23-42(41)58-44)26-39(40)54-37-20-8-6-18-33(37)47(50(54)56(49)51(48)55)52(35)45-29(2)14-12-15-30(45)3/h12-17,28,33-44,49H,6-11,18-27H2,1-5H3. The third-order valence-electron chi connectivity index (χ3n) is 19.1. The van der Waals surface area contributed by atoms with Crippen molar-refractivity contribution in [2.24, 2.45) is 17.8 Å². The highest BCUT2D eigenvalue weighted by Gasteiger charge is 2.69. The van der Waals surface area contributed by atoms with Crippen LogP contribution in [-0.4, -0.2) is 82.8 Å². The topological polar surface area (TPSA) is 28.2 Å². The first-order chi connectivity index (χ1) is 28.4. The molecule has 7 heteroatoms. The molecule has 6 aliphatic heterocycles. The first-order valence-electron chi connectivity index (χ1n) is 24.6. The van der Waals surface area contributed by atoms with E-state index < -0.39 is 0 Å². The fraction of sp³-hybridized carbons (Fsp3) is 0.686. The van der Waals surface area contributed by atoms with Crippen LogP contribution < -0.4 is 10.9 Å². The number of ether oxygens (including phenoxy) is 2. The minimum Gasteiger partial charge on any atom is -0.370 e. The molecule has 0 aromatic heterocycles. The van der Waals surface area contributed by atoms with Gasteiger partial charge >= 0.3 is 0 Å². The first-order valence-corrected chi connectivity index (χ1v) is 24.6. The Morgan fingerprint density at radius 1 is 0.500 bits per heavy atom. The molecule has 0 radical (unpaired) electrons. The monoisotopic (exact) mass is 776 g/mol. The summed E-state index contributed by atoms with van der Waals surface area (Å²) in [6.07, 6.45) is 21.9. The summed E-state index contributed by atoms with van der Waals surface area (Å²) in [5.41, 5.74) is 13.3. The van der Waals surface area contributed by atoms with E-state index >= 15 is 0 Å². The summed E-state index contributed by atoms with van der Waals surface area (Å²) in [6, 6.07) is 17.2. The van der Waals surface area contributed by atoms with Crippen LogP contribution in [-0.2, 0) is 9.47 Å². The molecule has 11 aliphatic rings. The molecule has 5 nitrogen and oxygen atoms in total. The maximum Gasteiger partial charge on any atom is 0.215 e. The van der Waals surface area contributed by atoms with Crippen molar-refractivity contribution in [2.45, 2.75) is 204 Å². The van der Waals surface area contributed by atoms with E-state index in [-0.39, 0.29) is 12.2 Å². The second-order valence-electron chi connectivity index (χ2n) is 21.9. The van der Waals surface area contributed by atoms with Gasteiger partial charge in [-0.1, -0.05) is 139 Å². The average molecular weight is 776 g/mol. The Morgan fingerprint density at radius 2 is 0.914 bits per heavy atom. The molecule has 2 aromatic carbocycles. The van der Waals surface area contributed by atoms with Gasteiger partial charge in [0.1, 0.15) is 11.6 Å². The van der Waals surface area contributed by atoms with Crippen molar-refractivity contribution in [1.29, 1.82) is 0 Å². The zero-order valence-electron chi connectivity index (χ0n) is 36.2. The number of nitrogens with zero attached hydrogens (tertiary/aromatic N) is 3. The van der Waals surface area contributed by atoms with Crippen LogP contribution in [0.4, 0.5) is 0 Å². The molecule has 0 amide bonds. The van der Waals surface area contributed by atoms with Gasteiger partial charge in [0.05, 0.1) is 36.5 Å². The molecular formula is C51H67B2N3O2. The number of fused-ring (bicyclic) bond motifs is 11. The van der Waals surface area contributed by atoms with E-state index in [1.54, 1.807) is 22.6 Å². The highest BCUT2D eigenvalue weighted by molar-refractivity contribution is 6.84. The minimum atomic E-state index is 0.219. The van der Waals surface area contributed by atoms with Gasteiger partial charge in [-0.15, -0.1) is 0 Å². The van der Waals surface area contributed by atoms with E-state index in [1.165, 1.54) is 112 Å². The van der Waals surface area contributed by atoms with Crippen LogP contribution in [0.5, 0.6) is 0 Å². The van der Waals surface area contributed by atoms with Gasteiger partial charge in [0.2, 0.25) is 13.4 Å². The molecule has 304 valence electrons. The van der Waals surface area contributed by atoms with Crippen LogP contribution in [0, 0.1) is 45.4 Å². The van der Waals surface area contributed by atoms with Crippen LogP contribution in [0.25, 0.3) is 0 Å². The van der Waals surface area contributed by atoms with E-state index in [0.29, 0.717) is 79.3 Å². The quantitative estimate of drug-likeness (QED) is 0.285. The Morgan fingerprint density at radius 3 is 1.36 bits per heavy atom. The molecule has 7 fully saturated rings. The molecule has 13 rings (SSSR count). The van der Waals surface area contributed by atoms with Crippen molar-refractivity contribution in [3.63, 3.8) is 0 Å². The van der Waals surface area contributed by atoms with Crippen molar-refractivity contribution in [3.05, 3.63) is 81.2 Å². The van der Waals surface area contributed by atoms with Gasteiger partial charge in [-0.2, -0.15) is 0 Å². The maximum atomic E-state index is 7.32. The van der Waals surface area contributed by atoms with E-state index in [2.05, 4.69) is 85.7 Å². The summed E-state index contributed by atoms with van der Waals surface area (Å²) >= 11 is 0. The lowest BCUT2D eigenvalue weighted by Crippen LogP contribution is -2.65. The Kier molecular flexibility index (Phi) is 8.20. The van der Waals surface area contributed by atoms with Gasteiger partial charge in [-0.25, -0.2) is 0 Å². The van der Waals surface area contributed by atoms with Gasteiger partial charge < -0.3 is 24.2 Å². The highest BCUT2D eigenvalue weighted by atomic mass is 16.6. The van der Waals surface area contributed by atoms with Crippen molar-refractivity contribution >= 4 is 24.4 Å². The predicted octanol–water partition coefficient (Wildman–Crippen LogP) is 8.78. The number of benzene rings is 2. The van der Waals surface area contributed by atoms with E-state index in [9.17, 15) is 0 Å². The fourth-order valence-electron chi connectivity index (χ4n) is 17.3. The summed E-state index contributed by atoms with van der Waals surface area (Å²) < 4.78 is 14.6. The van der Waals surface area contributed by atoms with Gasteiger partial charge in [-0.3, -0.25) is 0 Å². The lowest BCUT2D eigenvalue weighted by Gasteiger charge is -2.59. The Hall–Kier alpha value is -2.63. The van der Waals surface area contributed by atoms with Gasteiger partial charge in [0, 0.05) is 18.1 Å². The molecule has 5 aliphatic carbocycles. The smallest absolute Gasteiger partial charge is 0.215 e. The van der Waals surface area contributed by atoms with E-state index in [1.807, 2.05) is 10.9 Å². The van der Waals surface area contributed by atoms with Crippen molar-refractivity contribution in [2.75, 3.05) is 0 Å². The average Bonchev–Trinajstić information content (AvgIpc) is 3.70. The van der Waals surface area contributed by atoms with Gasteiger partial charge in [-0.05, 0) is 108 Å². The molecule has 0 bridgehead atoms. The number of hydrogen-bond acceptors (Lipinski definition) is 5.